The average Bonchev–Trinajstić information content (AvgIpc) is 3.49. The molecule has 1 aliphatic heterocycles. The van der Waals surface area contributed by atoms with Crippen molar-refractivity contribution >= 4 is 27.5 Å². The van der Waals surface area contributed by atoms with Gasteiger partial charge in [-0.25, -0.2) is 0 Å². The second-order valence-electron chi connectivity index (χ2n) is 7.24. The Labute approximate surface area is 173 Å². The topological polar surface area (TPSA) is 68.6 Å². The van der Waals surface area contributed by atoms with Gasteiger partial charge in [0.05, 0.1) is 29.6 Å². The number of amides is 1. The minimum atomic E-state index is 0.0935. The molecule has 1 aromatic heterocycles. The van der Waals surface area contributed by atoms with Crippen molar-refractivity contribution in [3.05, 3.63) is 28.9 Å². The first-order valence-corrected chi connectivity index (χ1v) is 10.5. The number of aromatic nitrogens is 2. The van der Waals surface area contributed by atoms with Crippen LogP contribution in [-0.4, -0.2) is 60.0 Å². The van der Waals surface area contributed by atoms with Gasteiger partial charge in [-0.05, 0) is 47.0 Å². The number of anilines is 1. The molecule has 1 saturated heterocycles. The summed E-state index contributed by atoms with van der Waals surface area (Å²) in [5.74, 6) is 1.04. The highest BCUT2D eigenvalue weighted by molar-refractivity contribution is 9.10. The van der Waals surface area contributed by atoms with E-state index in [-0.39, 0.29) is 11.8 Å². The lowest BCUT2D eigenvalue weighted by Gasteiger charge is -2.26. The summed E-state index contributed by atoms with van der Waals surface area (Å²) in [6.07, 6.45) is 3.73. The monoisotopic (exact) mass is 448 g/mol. The number of aryl methyl sites for hydroxylation is 1. The Kier molecular flexibility index (Phi) is 5.99. The van der Waals surface area contributed by atoms with Gasteiger partial charge in [-0.3, -0.25) is 14.4 Å². The molecule has 0 unspecified atom stereocenters. The molecule has 1 amide bonds. The van der Waals surface area contributed by atoms with Crippen LogP contribution in [0.3, 0.4) is 0 Å². The maximum absolute atomic E-state index is 12.2. The highest BCUT2D eigenvalue weighted by Crippen LogP contribution is 2.37. The number of rotatable bonds is 7. The quantitative estimate of drug-likeness (QED) is 0.704. The SMILES string of the molecule is Cn1ncc(Br)c1-c1cc(NC(=O)C2CC2)ccc1OCCN1CCOCC1. The van der Waals surface area contributed by atoms with Gasteiger partial charge in [0, 0.05) is 43.9 Å². The molecule has 1 aromatic carbocycles. The van der Waals surface area contributed by atoms with Crippen molar-refractivity contribution in [3.63, 3.8) is 0 Å². The number of hydrogen-bond acceptors (Lipinski definition) is 5. The zero-order chi connectivity index (χ0) is 19.5. The maximum atomic E-state index is 12.2. The van der Waals surface area contributed by atoms with E-state index >= 15 is 0 Å². The summed E-state index contributed by atoms with van der Waals surface area (Å²) in [5, 5.41) is 7.34. The predicted octanol–water partition coefficient (Wildman–Crippen LogP) is 2.91. The molecule has 4 rings (SSSR count). The van der Waals surface area contributed by atoms with Gasteiger partial charge in [0.25, 0.3) is 0 Å². The summed E-state index contributed by atoms with van der Waals surface area (Å²) in [4.78, 5) is 14.5. The Balaban J connectivity index is 1.52. The molecule has 1 N–H and O–H groups in total. The van der Waals surface area contributed by atoms with E-state index < -0.39 is 0 Å². The molecule has 8 heteroatoms. The summed E-state index contributed by atoms with van der Waals surface area (Å²) in [5.41, 5.74) is 2.60. The van der Waals surface area contributed by atoms with Crippen molar-refractivity contribution < 1.29 is 14.3 Å². The normalized spacial score (nSPS) is 17.5. The van der Waals surface area contributed by atoms with Crippen molar-refractivity contribution in [1.82, 2.24) is 14.7 Å². The second-order valence-corrected chi connectivity index (χ2v) is 8.10. The van der Waals surface area contributed by atoms with Crippen LogP contribution in [-0.2, 0) is 16.6 Å². The standard InChI is InChI=1S/C20H25BrN4O3/c1-24-19(17(21)13-22-24)16-12-15(23-20(26)14-2-3-14)4-5-18(16)28-11-8-25-6-9-27-10-7-25/h4-5,12-14H,2-3,6-11H2,1H3,(H,23,26). The van der Waals surface area contributed by atoms with Crippen LogP contribution in [0.25, 0.3) is 11.3 Å². The molecule has 1 saturated carbocycles. The molecule has 2 fully saturated rings. The molecular weight excluding hydrogens is 424 g/mol. The van der Waals surface area contributed by atoms with Crippen molar-refractivity contribution in [1.29, 1.82) is 0 Å². The maximum Gasteiger partial charge on any atom is 0.227 e. The van der Waals surface area contributed by atoms with E-state index in [1.54, 1.807) is 10.9 Å². The number of halogens is 1. The minimum Gasteiger partial charge on any atom is -0.492 e. The van der Waals surface area contributed by atoms with Crippen molar-refractivity contribution in [2.24, 2.45) is 13.0 Å². The van der Waals surface area contributed by atoms with Crippen LogP contribution >= 0.6 is 15.9 Å². The summed E-state index contributed by atoms with van der Waals surface area (Å²) >= 11 is 3.58. The fourth-order valence-electron chi connectivity index (χ4n) is 3.33. The van der Waals surface area contributed by atoms with Gasteiger partial charge >= 0.3 is 0 Å². The number of morpholine rings is 1. The third-order valence-corrected chi connectivity index (χ3v) is 5.69. The first-order valence-electron chi connectivity index (χ1n) is 9.67. The smallest absolute Gasteiger partial charge is 0.227 e. The van der Waals surface area contributed by atoms with Crippen LogP contribution in [0, 0.1) is 5.92 Å². The molecule has 0 spiro atoms. The third-order valence-electron chi connectivity index (χ3n) is 5.11. The van der Waals surface area contributed by atoms with Gasteiger partial charge < -0.3 is 14.8 Å². The van der Waals surface area contributed by atoms with Gasteiger partial charge in [-0.15, -0.1) is 0 Å². The number of benzene rings is 1. The number of nitrogens with one attached hydrogen (secondary N) is 1. The van der Waals surface area contributed by atoms with Crippen LogP contribution in [0.5, 0.6) is 5.75 Å². The molecule has 2 aliphatic rings. The van der Waals surface area contributed by atoms with Crippen molar-refractivity contribution in [3.8, 4) is 17.0 Å². The molecule has 1 aliphatic carbocycles. The molecule has 150 valence electrons. The van der Waals surface area contributed by atoms with Gasteiger partial charge in [-0.1, -0.05) is 0 Å². The lowest BCUT2D eigenvalue weighted by Crippen LogP contribution is -2.38. The van der Waals surface area contributed by atoms with Crippen LogP contribution in [0.4, 0.5) is 5.69 Å². The lowest BCUT2D eigenvalue weighted by atomic mass is 10.1. The minimum absolute atomic E-state index is 0.0935. The van der Waals surface area contributed by atoms with E-state index in [2.05, 4.69) is 31.2 Å². The van der Waals surface area contributed by atoms with E-state index in [4.69, 9.17) is 9.47 Å². The van der Waals surface area contributed by atoms with Gasteiger partial charge in [0.2, 0.25) is 5.91 Å². The Morgan fingerprint density at radius 3 is 2.82 bits per heavy atom. The largest absolute Gasteiger partial charge is 0.492 e. The fraction of sp³-hybridized carbons (Fsp3) is 0.500. The predicted molar refractivity (Wildman–Crippen MR) is 110 cm³/mol. The van der Waals surface area contributed by atoms with E-state index in [0.717, 1.165) is 72.9 Å². The third kappa shape index (κ3) is 4.56. The zero-order valence-electron chi connectivity index (χ0n) is 16.0. The van der Waals surface area contributed by atoms with E-state index in [1.807, 2.05) is 25.2 Å². The Hall–Kier alpha value is -1.90. The van der Waals surface area contributed by atoms with Crippen molar-refractivity contribution in [2.75, 3.05) is 44.8 Å². The molecular formula is C20H25BrN4O3. The highest BCUT2D eigenvalue weighted by Gasteiger charge is 2.29. The number of hydrogen-bond donors (Lipinski definition) is 1. The molecule has 7 nitrogen and oxygen atoms in total. The highest BCUT2D eigenvalue weighted by atomic mass is 79.9. The number of carbonyl (C=O) groups is 1. The van der Waals surface area contributed by atoms with Crippen LogP contribution in [0.1, 0.15) is 12.8 Å². The number of ether oxygens (including phenoxy) is 2. The first kappa shape index (κ1) is 19.4. The number of nitrogens with zero attached hydrogens (tertiary/aromatic N) is 3. The van der Waals surface area contributed by atoms with E-state index in [0.29, 0.717) is 6.61 Å². The summed E-state index contributed by atoms with van der Waals surface area (Å²) in [7, 11) is 1.90. The van der Waals surface area contributed by atoms with Crippen LogP contribution < -0.4 is 10.1 Å². The first-order chi connectivity index (χ1) is 13.6. The van der Waals surface area contributed by atoms with Gasteiger partial charge in [-0.2, -0.15) is 5.10 Å². The van der Waals surface area contributed by atoms with Gasteiger partial charge in [0.15, 0.2) is 0 Å². The number of carbonyl (C=O) groups excluding carboxylic acids is 1. The van der Waals surface area contributed by atoms with Crippen molar-refractivity contribution in [2.45, 2.75) is 12.8 Å². The Morgan fingerprint density at radius 1 is 1.36 bits per heavy atom. The fourth-order valence-corrected chi connectivity index (χ4v) is 3.89. The molecule has 0 radical (unpaired) electrons. The zero-order valence-corrected chi connectivity index (χ0v) is 17.6. The molecule has 0 atom stereocenters. The summed E-state index contributed by atoms with van der Waals surface area (Å²) < 4.78 is 14.2. The van der Waals surface area contributed by atoms with Crippen LogP contribution in [0.15, 0.2) is 28.9 Å². The Morgan fingerprint density at radius 2 is 2.14 bits per heavy atom. The summed E-state index contributed by atoms with van der Waals surface area (Å²) in [6, 6.07) is 5.79. The lowest BCUT2D eigenvalue weighted by molar-refractivity contribution is -0.117. The molecule has 0 bridgehead atoms. The van der Waals surface area contributed by atoms with Gasteiger partial charge in [0.1, 0.15) is 12.4 Å². The molecule has 2 aromatic rings. The summed E-state index contributed by atoms with van der Waals surface area (Å²) in [6.45, 7) is 4.89. The molecule has 2 heterocycles. The second kappa shape index (κ2) is 8.63. The van der Waals surface area contributed by atoms with Crippen LogP contribution in [0.2, 0.25) is 0 Å². The van der Waals surface area contributed by atoms with E-state index in [9.17, 15) is 4.79 Å². The Bertz CT molecular complexity index is 824. The molecule has 28 heavy (non-hydrogen) atoms. The average molecular weight is 449 g/mol. The van der Waals surface area contributed by atoms with E-state index in [1.165, 1.54) is 0 Å².